The van der Waals surface area contributed by atoms with Gasteiger partial charge < -0.3 is 0 Å². The molecule has 2 aromatic carbocycles. The minimum absolute atomic E-state index is 0.0223. The quantitative estimate of drug-likeness (QED) is 0.346. The largest absolute Gasteiger partial charge is 0.283 e. The van der Waals surface area contributed by atoms with Crippen LogP contribution in [0, 0.1) is 24.5 Å². The first-order valence-corrected chi connectivity index (χ1v) is 14.0. The fourth-order valence-corrected chi connectivity index (χ4v) is 7.04. The number of piperidine rings is 1. The maximum absolute atomic E-state index is 14.2. The smallest absolute Gasteiger partial charge is 0.246 e. The van der Waals surface area contributed by atoms with Gasteiger partial charge in [-0.2, -0.15) is 4.31 Å². The molecule has 0 spiro atoms. The number of halogens is 2. The Kier molecular flexibility index (Phi) is 7.02. The molecule has 11 heteroatoms. The van der Waals surface area contributed by atoms with Gasteiger partial charge >= 0.3 is 0 Å². The maximum atomic E-state index is 14.2. The number of pyridine rings is 1. The highest BCUT2D eigenvalue weighted by Crippen LogP contribution is 2.33. The molecule has 2 aromatic heterocycles. The average molecular weight is 543 g/mol. The summed E-state index contributed by atoms with van der Waals surface area (Å²) in [5, 5.41) is 0.561. The minimum atomic E-state index is -4.23. The van der Waals surface area contributed by atoms with Crippen LogP contribution in [0.2, 0.25) is 0 Å². The molecule has 0 bridgehead atoms. The Labute approximate surface area is 217 Å². The number of nitrogens with zero attached hydrogens (tertiary/aromatic N) is 4. The first-order chi connectivity index (χ1) is 17.7. The van der Waals surface area contributed by atoms with E-state index in [0.29, 0.717) is 11.2 Å². The van der Waals surface area contributed by atoms with Crippen molar-refractivity contribution in [2.45, 2.75) is 31.2 Å². The van der Waals surface area contributed by atoms with Crippen LogP contribution in [0.4, 0.5) is 13.9 Å². The van der Waals surface area contributed by atoms with Crippen LogP contribution in [0.5, 0.6) is 0 Å². The van der Waals surface area contributed by atoms with Gasteiger partial charge in [0.1, 0.15) is 16.5 Å². The monoisotopic (exact) mass is 542 g/mol. The highest BCUT2D eigenvalue weighted by molar-refractivity contribution is 7.89. The van der Waals surface area contributed by atoms with Gasteiger partial charge in [0.05, 0.1) is 16.8 Å². The number of benzene rings is 2. The number of thiazole rings is 1. The summed E-state index contributed by atoms with van der Waals surface area (Å²) in [6.07, 6.45) is 3.86. The molecule has 1 aliphatic rings. The van der Waals surface area contributed by atoms with E-state index in [4.69, 9.17) is 4.98 Å². The number of carbonyl (C=O) groups excluding carboxylic acids is 1. The lowest BCUT2D eigenvalue weighted by molar-refractivity contribution is -0.123. The predicted octanol–water partition coefficient (Wildman–Crippen LogP) is 4.91. The van der Waals surface area contributed by atoms with E-state index in [1.54, 1.807) is 23.4 Å². The lowest BCUT2D eigenvalue weighted by Crippen LogP contribution is -2.44. The third-order valence-electron chi connectivity index (χ3n) is 6.41. The number of anilines is 1. The van der Waals surface area contributed by atoms with Crippen molar-refractivity contribution in [3.8, 4) is 0 Å². The molecule has 0 saturated carbocycles. The fraction of sp³-hybridized carbons (Fsp3) is 0.269. The number of aromatic nitrogens is 2. The molecule has 1 fully saturated rings. The molecule has 1 saturated heterocycles. The van der Waals surface area contributed by atoms with E-state index in [-0.39, 0.29) is 38.4 Å². The zero-order valence-electron chi connectivity index (χ0n) is 20.0. The van der Waals surface area contributed by atoms with Crippen LogP contribution < -0.4 is 4.90 Å². The Morgan fingerprint density at radius 1 is 1.14 bits per heavy atom. The highest BCUT2D eigenvalue weighted by atomic mass is 32.2. The Hall–Kier alpha value is -3.28. The topological polar surface area (TPSA) is 83.5 Å². The van der Waals surface area contributed by atoms with Crippen LogP contribution in [0.15, 0.2) is 65.8 Å². The summed E-state index contributed by atoms with van der Waals surface area (Å²) in [6, 6.07) is 12.0. The van der Waals surface area contributed by atoms with Crippen molar-refractivity contribution in [1.29, 1.82) is 0 Å². The van der Waals surface area contributed by atoms with E-state index < -0.39 is 32.5 Å². The summed E-state index contributed by atoms with van der Waals surface area (Å²) in [6.45, 7) is 2.32. The Bertz CT molecular complexity index is 1550. The lowest BCUT2D eigenvalue weighted by Gasteiger charge is -2.33. The molecule has 0 radical (unpaired) electrons. The molecule has 3 heterocycles. The van der Waals surface area contributed by atoms with Crippen molar-refractivity contribution in [3.05, 3.63) is 83.7 Å². The standard InChI is InChI=1S/C26H24F2N4O3S2/c1-17-4-7-22-23(13-17)36-26(30-22)32(16-18-3-2-10-29-15-18)25(33)19-8-11-31(12-9-19)37(34,35)24-14-20(27)5-6-21(24)28/h2-7,10,13-15,19H,8-9,11-12,16H2,1H3. The summed E-state index contributed by atoms with van der Waals surface area (Å²) < 4.78 is 55.8. The van der Waals surface area contributed by atoms with Crippen LogP contribution in [0.1, 0.15) is 24.0 Å². The summed E-state index contributed by atoms with van der Waals surface area (Å²) in [5.74, 6) is -2.45. The van der Waals surface area contributed by atoms with Gasteiger partial charge in [0.15, 0.2) is 5.13 Å². The number of fused-ring (bicyclic) bond motifs is 1. The number of hydrogen-bond acceptors (Lipinski definition) is 6. The third kappa shape index (κ3) is 5.25. The van der Waals surface area contributed by atoms with E-state index >= 15 is 0 Å². The molecule has 7 nitrogen and oxygen atoms in total. The van der Waals surface area contributed by atoms with Gasteiger partial charge in [-0.05, 0) is 67.3 Å². The molecule has 5 rings (SSSR count). The second kappa shape index (κ2) is 10.2. The summed E-state index contributed by atoms with van der Waals surface area (Å²) >= 11 is 1.43. The Balaban J connectivity index is 1.38. The second-order valence-electron chi connectivity index (χ2n) is 9.01. The molecule has 0 atom stereocenters. The molecule has 192 valence electrons. The average Bonchev–Trinajstić information content (AvgIpc) is 3.32. The molecule has 1 amide bonds. The number of hydrogen-bond donors (Lipinski definition) is 0. The molecule has 0 aliphatic carbocycles. The van der Waals surface area contributed by atoms with Gasteiger partial charge in [0, 0.05) is 31.4 Å². The van der Waals surface area contributed by atoms with Gasteiger partial charge in [-0.15, -0.1) is 0 Å². The highest BCUT2D eigenvalue weighted by Gasteiger charge is 2.36. The van der Waals surface area contributed by atoms with E-state index in [1.165, 1.54) is 11.3 Å². The van der Waals surface area contributed by atoms with Gasteiger partial charge in [0.25, 0.3) is 0 Å². The maximum Gasteiger partial charge on any atom is 0.246 e. The molecule has 0 N–H and O–H groups in total. The van der Waals surface area contributed by atoms with Crippen LogP contribution in [-0.4, -0.2) is 41.7 Å². The number of sulfonamides is 1. The van der Waals surface area contributed by atoms with Gasteiger partial charge in [0.2, 0.25) is 15.9 Å². The normalized spacial score (nSPS) is 15.2. The lowest BCUT2D eigenvalue weighted by atomic mass is 9.96. The van der Waals surface area contributed by atoms with Crippen LogP contribution in [0.25, 0.3) is 10.2 Å². The van der Waals surface area contributed by atoms with Crippen molar-refractivity contribution in [2.75, 3.05) is 18.0 Å². The van der Waals surface area contributed by atoms with Gasteiger partial charge in [-0.3, -0.25) is 14.7 Å². The van der Waals surface area contributed by atoms with Gasteiger partial charge in [-0.25, -0.2) is 22.2 Å². The van der Waals surface area contributed by atoms with E-state index in [2.05, 4.69) is 4.98 Å². The van der Waals surface area contributed by atoms with Crippen molar-refractivity contribution in [3.63, 3.8) is 0 Å². The number of carbonyl (C=O) groups is 1. The third-order valence-corrected chi connectivity index (χ3v) is 9.36. The predicted molar refractivity (Wildman–Crippen MR) is 138 cm³/mol. The summed E-state index contributed by atoms with van der Waals surface area (Å²) in [7, 11) is -4.23. The molecule has 37 heavy (non-hydrogen) atoms. The van der Waals surface area contributed by atoms with Crippen molar-refractivity contribution in [2.24, 2.45) is 5.92 Å². The number of rotatable bonds is 6. The second-order valence-corrected chi connectivity index (χ2v) is 11.9. The van der Waals surface area contributed by atoms with Crippen molar-refractivity contribution >= 4 is 42.6 Å². The summed E-state index contributed by atoms with van der Waals surface area (Å²) in [4.78, 5) is 23.6. The van der Waals surface area contributed by atoms with Crippen molar-refractivity contribution < 1.29 is 22.0 Å². The first-order valence-electron chi connectivity index (χ1n) is 11.7. The van der Waals surface area contributed by atoms with E-state index in [1.807, 2.05) is 31.2 Å². The van der Waals surface area contributed by atoms with Crippen LogP contribution >= 0.6 is 11.3 Å². The number of amides is 1. The Morgan fingerprint density at radius 3 is 2.65 bits per heavy atom. The Morgan fingerprint density at radius 2 is 1.92 bits per heavy atom. The molecule has 4 aromatic rings. The molecular formula is C26H24F2N4O3S2. The van der Waals surface area contributed by atoms with Crippen molar-refractivity contribution in [1.82, 2.24) is 14.3 Å². The summed E-state index contributed by atoms with van der Waals surface area (Å²) in [5.41, 5.74) is 2.73. The molecular weight excluding hydrogens is 518 g/mol. The zero-order chi connectivity index (χ0) is 26.2. The molecule has 0 unspecified atom stereocenters. The zero-order valence-corrected chi connectivity index (χ0v) is 21.6. The first kappa shape index (κ1) is 25.4. The SMILES string of the molecule is Cc1ccc2nc(N(Cc3cccnc3)C(=O)C3CCN(S(=O)(=O)c4cc(F)ccc4F)CC3)sc2c1. The van der Waals surface area contributed by atoms with Gasteiger partial charge in [-0.1, -0.05) is 23.5 Å². The fourth-order valence-electron chi connectivity index (χ4n) is 4.43. The van der Waals surface area contributed by atoms with E-state index in [0.717, 1.165) is 37.8 Å². The minimum Gasteiger partial charge on any atom is -0.283 e. The molecule has 1 aliphatic heterocycles. The van der Waals surface area contributed by atoms with Crippen LogP contribution in [-0.2, 0) is 21.4 Å². The number of aryl methyl sites for hydroxylation is 1. The van der Waals surface area contributed by atoms with E-state index in [9.17, 15) is 22.0 Å². The van der Waals surface area contributed by atoms with Crippen LogP contribution in [0.3, 0.4) is 0 Å².